The van der Waals surface area contributed by atoms with Gasteiger partial charge in [0.1, 0.15) is 0 Å². The fourth-order valence-electron chi connectivity index (χ4n) is 1.83. The molecule has 5 nitrogen and oxygen atoms in total. The Bertz CT molecular complexity index is 439. The quantitative estimate of drug-likeness (QED) is 0.610. The van der Waals surface area contributed by atoms with Gasteiger partial charge in [-0.05, 0) is 32.8 Å². The SMILES string of the molecule is Cc1cc(C(C)C)nc(N(CCC(=N)N)C(C)C)n1. The summed E-state index contributed by atoms with van der Waals surface area (Å²) in [6.07, 6.45) is 0.534. The Balaban J connectivity index is 3.04. The van der Waals surface area contributed by atoms with Gasteiger partial charge in [-0.2, -0.15) is 0 Å². The number of hydrogen-bond donors (Lipinski definition) is 2. The van der Waals surface area contributed by atoms with Crippen LogP contribution in [0.1, 0.15) is 51.4 Å². The van der Waals surface area contributed by atoms with Crippen molar-refractivity contribution in [1.82, 2.24) is 9.97 Å². The Morgan fingerprint density at radius 2 is 1.95 bits per heavy atom. The predicted molar refractivity (Wildman–Crippen MR) is 79.9 cm³/mol. The van der Waals surface area contributed by atoms with E-state index >= 15 is 0 Å². The third-order valence-corrected chi connectivity index (χ3v) is 2.96. The molecule has 0 spiro atoms. The summed E-state index contributed by atoms with van der Waals surface area (Å²) in [5, 5.41) is 7.35. The molecule has 3 N–H and O–H groups in total. The topological polar surface area (TPSA) is 78.9 Å². The molecule has 1 rings (SSSR count). The van der Waals surface area contributed by atoms with Crippen LogP contribution in [0.15, 0.2) is 6.07 Å². The van der Waals surface area contributed by atoms with Gasteiger partial charge in [0.2, 0.25) is 5.95 Å². The third-order valence-electron chi connectivity index (χ3n) is 2.96. The van der Waals surface area contributed by atoms with Gasteiger partial charge < -0.3 is 10.6 Å². The van der Waals surface area contributed by atoms with Gasteiger partial charge in [0, 0.05) is 30.4 Å². The molecular formula is C14H25N5. The van der Waals surface area contributed by atoms with Crippen molar-refractivity contribution in [3.8, 4) is 0 Å². The second-order valence-electron chi connectivity index (χ2n) is 5.45. The van der Waals surface area contributed by atoms with E-state index in [1.807, 2.05) is 13.0 Å². The van der Waals surface area contributed by atoms with Crippen LogP contribution < -0.4 is 10.6 Å². The fraction of sp³-hybridized carbons (Fsp3) is 0.643. The number of aryl methyl sites for hydroxylation is 1. The van der Waals surface area contributed by atoms with Gasteiger partial charge in [0.15, 0.2) is 0 Å². The molecule has 0 amide bonds. The molecule has 0 saturated carbocycles. The van der Waals surface area contributed by atoms with Gasteiger partial charge in [-0.25, -0.2) is 9.97 Å². The summed E-state index contributed by atoms with van der Waals surface area (Å²) in [4.78, 5) is 11.3. The second kappa shape index (κ2) is 6.50. The molecule has 0 aliphatic heterocycles. The summed E-state index contributed by atoms with van der Waals surface area (Å²) in [5.41, 5.74) is 7.47. The van der Waals surface area contributed by atoms with Crippen LogP contribution in [0.25, 0.3) is 0 Å². The maximum absolute atomic E-state index is 7.35. The van der Waals surface area contributed by atoms with Crippen molar-refractivity contribution in [3.05, 3.63) is 17.5 Å². The van der Waals surface area contributed by atoms with Gasteiger partial charge in [-0.3, -0.25) is 5.41 Å². The normalized spacial score (nSPS) is 11.1. The molecular weight excluding hydrogens is 238 g/mol. The highest BCUT2D eigenvalue weighted by atomic mass is 15.3. The van der Waals surface area contributed by atoms with Crippen molar-refractivity contribution < 1.29 is 0 Å². The summed E-state index contributed by atoms with van der Waals surface area (Å²) in [6, 6.07) is 2.30. The minimum Gasteiger partial charge on any atom is -0.388 e. The first-order chi connectivity index (χ1) is 8.81. The zero-order valence-electron chi connectivity index (χ0n) is 12.6. The summed E-state index contributed by atoms with van der Waals surface area (Å²) < 4.78 is 0. The molecule has 0 aliphatic carbocycles. The van der Waals surface area contributed by atoms with E-state index in [0.29, 0.717) is 18.9 Å². The lowest BCUT2D eigenvalue weighted by Gasteiger charge is -2.27. The molecule has 0 saturated heterocycles. The second-order valence-corrected chi connectivity index (χ2v) is 5.45. The van der Waals surface area contributed by atoms with Gasteiger partial charge in [-0.1, -0.05) is 13.8 Å². The molecule has 0 fully saturated rings. The van der Waals surface area contributed by atoms with Gasteiger partial charge in [0.05, 0.1) is 5.84 Å². The van der Waals surface area contributed by atoms with Crippen LogP contribution in [0.2, 0.25) is 0 Å². The monoisotopic (exact) mass is 263 g/mol. The molecule has 1 aromatic heterocycles. The number of rotatable bonds is 6. The van der Waals surface area contributed by atoms with Crippen LogP contribution >= 0.6 is 0 Å². The average Bonchev–Trinajstić information content (AvgIpc) is 2.27. The zero-order chi connectivity index (χ0) is 14.6. The first-order valence-electron chi connectivity index (χ1n) is 6.76. The first kappa shape index (κ1) is 15.4. The lowest BCUT2D eigenvalue weighted by molar-refractivity contribution is 0.659. The van der Waals surface area contributed by atoms with Gasteiger partial charge >= 0.3 is 0 Å². The van der Waals surface area contributed by atoms with E-state index in [0.717, 1.165) is 17.3 Å². The van der Waals surface area contributed by atoms with Crippen molar-refractivity contribution in [2.24, 2.45) is 5.73 Å². The number of amidine groups is 1. The van der Waals surface area contributed by atoms with Crippen molar-refractivity contribution in [3.63, 3.8) is 0 Å². The lowest BCUT2D eigenvalue weighted by atomic mass is 10.1. The minimum atomic E-state index is 0.197. The van der Waals surface area contributed by atoms with Crippen LogP contribution in [-0.4, -0.2) is 28.4 Å². The van der Waals surface area contributed by atoms with Crippen LogP contribution in [-0.2, 0) is 0 Å². The number of nitrogens with one attached hydrogen (secondary N) is 1. The molecule has 1 heterocycles. The smallest absolute Gasteiger partial charge is 0.226 e. The number of nitrogens with zero attached hydrogens (tertiary/aromatic N) is 3. The Hall–Kier alpha value is -1.65. The van der Waals surface area contributed by atoms with Crippen LogP contribution in [0.5, 0.6) is 0 Å². The highest BCUT2D eigenvalue weighted by Gasteiger charge is 2.16. The van der Waals surface area contributed by atoms with Crippen LogP contribution in [0, 0.1) is 12.3 Å². The largest absolute Gasteiger partial charge is 0.388 e. The van der Waals surface area contributed by atoms with Crippen molar-refractivity contribution in [2.75, 3.05) is 11.4 Å². The van der Waals surface area contributed by atoms with Crippen LogP contribution in [0.4, 0.5) is 5.95 Å². The number of aromatic nitrogens is 2. The third kappa shape index (κ3) is 4.50. The molecule has 1 aromatic rings. The van der Waals surface area contributed by atoms with Crippen LogP contribution in [0.3, 0.4) is 0 Å². The summed E-state index contributed by atoms with van der Waals surface area (Å²) in [5.74, 6) is 1.31. The van der Waals surface area contributed by atoms with E-state index in [1.54, 1.807) is 0 Å². The molecule has 106 valence electrons. The summed E-state index contributed by atoms with van der Waals surface area (Å²) in [6.45, 7) is 11.1. The predicted octanol–water partition coefficient (Wildman–Crippen LogP) is 2.45. The van der Waals surface area contributed by atoms with E-state index in [9.17, 15) is 0 Å². The van der Waals surface area contributed by atoms with E-state index in [2.05, 4.69) is 42.6 Å². The molecule has 0 unspecified atom stereocenters. The van der Waals surface area contributed by atoms with E-state index < -0.39 is 0 Å². The van der Waals surface area contributed by atoms with Gasteiger partial charge in [0.25, 0.3) is 0 Å². The maximum atomic E-state index is 7.35. The summed E-state index contributed by atoms with van der Waals surface area (Å²) in [7, 11) is 0. The molecule has 0 aromatic carbocycles. The number of anilines is 1. The first-order valence-corrected chi connectivity index (χ1v) is 6.76. The zero-order valence-corrected chi connectivity index (χ0v) is 12.6. The Morgan fingerprint density at radius 3 is 2.42 bits per heavy atom. The van der Waals surface area contributed by atoms with Crippen molar-refractivity contribution in [2.45, 2.75) is 53.0 Å². The van der Waals surface area contributed by atoms with Gasteiger partial charge in [-0.15, -0.1) is 0 Å². The summed E-state index contributed by atoms with van der Waals surface area (Å²) >= 11 is 0. The Morgan fingerprint density at radius 1 is 1.32 bits per heavy atom. The molecule has 19 heavy (non-hydrogen) atoms. The standard InChI is InChI=1S/C14H25N5/c1-9(2)12-8-11(5)17-14(18-12)19(10(3)4)7-6-13(15)16/h8-10H,6-7H2,1-5H3,(H3,15,16). The highest BCUT2D eigenvalue weighted by Crippen LogP contribution is 2.18. The van der Waals surface area contributed by atoms with Crippen molar-refractivity contribution in [1.29, 1.82) is 5.41 Å². The minimum absolute atomic E-state index is 0.197. The number of hydrogen-bond acceptors (Lipinski definition) is 4. The Labute approximate surface area is 115 Å². The van der Waals surface area contributed by atoms with Crippen molar-refractivity contribution >= 4 is 11.8 Å². The average molecular weight is 263 g/mol. The number of nitrogens with two attached hydrogens (primary N) is 1. The van der Waals surface area contributed by atoms with E-state index in [1.165, 1.54) is 0 Å². The van der Waals surface area contributed by atoms with E-state index in [-0.39, 0.29) is 11.9 Å². The molecule has 0 atom stereocenters. The Kier molecular flexibility index (Phi) is 5.27. The molecule has 0 aliphatic rings. The lowest BCUT2D eigenvalue weighted by Crippen LogP contribution is -2.35. The fourth-order valence-corrected chi connectivity index (χ4v) is 1.83. The van der Waals surface area contributed by atoms with E-state index in [4.69, 9.17) is 11.1 Å². The molecule has 0 radical (unpaired) electrons. The highest BCUT2D eigenvalue weighted by molar-refractivity contribution is 5.77. The molecule has 5 heteroatoms. The molecule has 0 bridgehead atoms. The maximum Gasteiger partial charge on any atom is 0.226 e.